The molecule has 100 valence electrons. The lowest BCUT2D eigenvalue weighted by molar-refractivity contribution is -0.702. The van der Waals surface area contributed by atoms with Crippen molar-refractivity contribution < 1.29 is 9.43 Å². The number of rotatable bonds is 3. The van der Waals surface area contributed by atoms with Crippen molar-refractivity contribution in [3.63, 3.8) is 0 Å². The molecule has 1 aliphatic rings. The number of hydrogen-bond donors (Lipinski definition) is 0. The molecule has 0 saturated heterocycles. The maximum absolute atomic E-state index is 11.8. The Morgan fingerprint density at radius 2 is 1.71 bits per heavy atom. The van der Waals surface area contributed by atoms with Gasteiger partial charge in [0.15, 0.2) is 8.32 Å². The molecule has 1 fully saturated rings. The Morgan fingerprint density at radius 3 is 2.18 bits per heavy atom. The summed E-state index contributed by atoms with van der Waals surface area (Å²) in [6, 6.07) is 0. The van der Waals surface area contributed by atoms with Gasteiger partial charge in [0.1, 0.15) is 0 Å². The predicted octanol–water partition coefficient (Wildman–Crippen LogP) is 4.08. The fraction of sp³-hybridized carbons (Fsp3) is 0.923. The lowest BCUT2D eigenvalue weighted by atomic mass is 9.90. The van der Waals surface area contributed by atoms with Crippen LogP contribution in [0.3, 0.4) is 0 Å². The summed E-state index contributed by atoms with van der Waals surface area (Å²) in [6.45, 7) is 10.6. The van der Waals surface area contributed by atoms with Crippen molar-refractivity contribution in [2.24, 2.45) is 5.92 Å². The second-order valence-corrected chi connectivity index (χ2v) is 11.4. The van der Waals surface area contributed by atoms with Crippen LogP contribution in [0.2, 0.25) is 18.1 Å². The maximum Gasteiger partial charge on any atom is 0.212 e. The predicted molar refractivity (Wildman–Crippen MR) is 74.5 cm³/mol. The summed E-state index contributed by atoms with van der Waals surface area (Å²) in [7, 11) is -1.97. The van der Waals surface area contributed by atoms with E-state index < -0.39 is 8.32 Å². The average Bonchev–Trinajstić information content (AvgIpc) is 2.16. The van der Waals surface area contributed by atoms with Crippen LogP contribution in [0.25, 0.3) is 0 Å². The van der Waals surface area contributed by atoms with Crippen LogP contribution in [-0.2, 0) is 4.53 Å². The molecule has 3 nitrogen and oxygen atoms in total. The summed E-state index contributed by atoms with van der Waals surface area (Å²) < 4.78 is 5.67. The van der Waals surface area contributed by atoms with Gasteiger partial charge in [0, 0.05) is 10.8 Å². The zero-order valence-corrected chi connectivity index (χ0v) is 13.0. The second-order valence-electron chi connectivity index (χ2n) is 6.68. The van der Waals surface area contributed by atoms with Crippen LogP contribution in [-0.4, -0.2) is 19.4 Å². The van der Waals surface area contributed by atoms with Gasteiger partial charge in [0.25, 0.3) is 0 Å². The van der Waals surface area contributed by atoms with Crippen LogP contribution in [0.4, 0.5) is 0 Å². The largest absolute Gasteiger partial charge is 0.443 e. The van der Waals surface area contributed by atoms with E-state index in [0.717, 1.165) is 17.7 Å². The first kappa shape index (κ1) is 14.5. The molecule has 1 rings (SSSR count). The molecule has 0 aromatic heterocycles. The van der Waals surface area contributed by atoms with Crippen molar-refractivity contribution in [1.29, 1.82) is 0 Å². The first-order valence-electron chi connectivity index (χ1n) is 6.73. The fourth-order valence-electron chi connectivity index (χ4n) is 1.85. The minimum absolute atomic E-state index is 0.0794. The standard InChI is InChI=1S/C13H27NO2Si/c1-13(2,3)17(4,5)16-14(15)11-12-9-7-6-8-10-12/h11-12H,6-10H2,1-5H3/b14-11+. The van der Waals surface area contributed by atoms with Crippen molar-refractivity contribution in [3.8, 4) is 0 Å². The van der Waals surface area contributed by atoms with Gasteiger partial charge in [-0.15, -0.1) is 0 Å². The molecule has 1 aliphatic carbocycles. The van der Waals surface area contributed by atoms with Crippen molar-refractivity contribution in [3.05, 3.63) is 5.21 Å². The van der Waals surface area contributed by atoms with Crippen molar-refractivity contribution >= 4 is 14.5 Å². The maximum atomic E-state index is 11.8. The van der Waals surface area contributed by atoms with Crippen LogP contribution in [0, 0.1) is 11.1 Å². The molecule has 0 aromatic carbocycles. The SMILES string of the molecule is CC(C)(C)[Si](C)(C)O/[N+]([O-])=C/C1CCCCC1. The van der Waals surface area contributed by atoms with E-state index in [2.05, 4.69) is 33.9 Å². The van der Waals surface area contributed by atoms with E-state index in [9.17, 15) is 5.21 Å². The highest BCUT2D eigenvalue weighted by atomic mass is 28.4. The summed E-state index contributed by atoms with van der Waals surface area (Å²) in [5.74, 6) is 0.422. The van der Waals surface area contributed by atoms with E-state index in [-0.39, 0.29) is 5.04 Å². The van der Waals surface area contributed by atoms with E-state index in [1.54, 1.807) is 6.21 Å². The van der Waals surface area contributed by atoms with Gasteiger partial charge < -0.3 is 4.53 Å². The Kier molecular flexibility index (Phi) is 4.64. The molecular formula is C13H27NO2Si. The van der Waals surface area contributed by atoms with Crippen molar-refractivity contribution in [2.75, 3.05) is 0 Å². The van der Waals surface area contributed by atoms with E-state index in [4.69, 9.17) is 4.53 Å². The molecule has 0 aromatic rings. The summed E-state index contributed by atoms with van der Waals surface area (Å²) >= 11 is 0. The van der Waals surface area contributed by atoms with E-state index in [1.165, 1.54) is 19.3 Å². The van der Waals surface area contributed by atoms with Gasteiger partial charge in [-0.1, -0.05) is 53.1 Å². The summed E-state index contributed by atoms with van der Waals surface area (Å²) in [6.07, 6.45) is 7.83. The molecule has 0 spiro atoms. The van der Waals surface area contributed by atoms with Crippen molar-refractivity contribution in [2.45, 2.75) is 71.0 Å². The Bertz CT molecular complexity index is 276. The minimum Gasteiger partial charge on any atom is -0.443 e. The molecule has 0 N–H and O–H groups in total. The van der Waals surface area contributed by atoms with Crippen LogP contribution in [0.15, 0.2) is 0 Å². The lowest BCUT2D eigenvalue weighted by Crippen LogP contribution is -2.43. The molecule has 4 heteroatoms. The molecule has 17 heavy (non-hydrogen) atoms. The zero-order chi connectivity index (χ0) is 13.1. The molecule has 0 bridgehead atoms. The third kappa shape index (κ3) is 4.34. The molecule has 0 amide bonds. The summed E-state index contributed by atoms with van der Waals surface area (Å²) in [5.41, 5.74) is 0. The molecule has 0 atom stereocenters. The Morgan fingerprint density at radius 1 is 1.18 bits per heavy atom. The molecular weight excluding hydrogens is 230 g/mol. The van der Waals surface area contributed by atoms with Gasteiger partial charge in [-0.05, 0) is 17.9 Å². The normalized spacial score (nSPS) is 20.4. The monoisotopic (exact) mass is 257 g/mol. The highest BCUT2D eigenvalue weighted by molar-refractivity contribution is 6.73. The van der Waals surface area contributed by atoms with Crippen LogP contribution >= 0.6 is 0 Å². The van der Waals surface area contributed by atoms with Crippen LogP contribution in [0.1, 0.15) is 52.9 Å². The van der Waals surface area contributed by atoms with E-state index in [0.29, 0.717) is 5.92 Å². The van der Waals surface area contributed by atoms with Gasteiger partial charge in [0.2, 0.25) is 6.21 Å². The molecule has 0 aliphatic heterocycles. The highest BCUT2D eigenvalue weighted by Gasteiger charge is 2.37. The summed E-state index contributed by atoms with van der Waals surface area (Å²) in [5, 5.41) is 11.9. The molecule has 0 heterocycles. The number of nitrogens with zero attached hydrogens (tertiary/aromatic N) is 1. The fourth-order valence-corrected chi connectivity index (χ4v) is 2.63. The van der Waals surface area contributed by atoms with Crippen molar-refractivity contribution in [1.82, 2.24) is 0 Å². The topological polar surface area (TPSA) is 35.3 Å². The Hall–Kier alpha value is -0.513. The quantitative estimate of drug-likeness (QED) is 0.330. The van der Waals surface area contributed by atoms with Gasteiger partial charge in [0.05, 0.1) is 0 Å². The Labute approximate surface area is 107 Å². The van der Waals surface area contributed by atoms with Crippen LogP contribution in [0.5, 0.6) is 0 Å². The average molecular weight is 257 g/mol. The van der Waals surface area contributed by atoms with Crippen LogP contribution < -0.4 is 0 Å². The summed E-state index contributed by atoms with van der Waals surface area (Å²) in [4.78, 5) is 0.757. The molecule has 0 unspecified atom stereocenters. The highest BCUT2D eigenvalue weighted by Crippen LogP contribution is 2.36. The first-order chi connectivity index (χ1) is 7.72. The number of hydrogen-bond acceptors (Lipinski definition) is 2. The second kappa shape index (κ2) is 5.42. The van der Waals surface area contributed by atoms with E-state index in [1.807, 2.05) is 0 Å². The van der Waals surface area contributed by atoms with E-state index >= 15 is 0 Å². The zero-order valence-electron chi connectivity index (χ0n) is 12.0. The molecule has 1 saturated carbocycles. The third-order valence-electron chi connectivity index (χ3n) is 4.11. The van der Waals surface area contributed by atoms with Gasteiger partial charge in [-0.25, -0.2) is 0 Å². The minimum atomic E-state index is -1.97. The van der Waals surface area contributed by atoms with Gasteiger partial charge in [-0.2, -0.15) is 0 Å². The van der Waals surface area contributed by atoms with Gasteiger partial charge >= 0.3 is 0 Å². The Balaban J connectivity index is 2.58. The van der Waals surface area contributed by atoms with Gasteiger partial charge in [-0.3, -0.25) is 5.21 Å². The lowest BCUT2D eigenvalue weighted by Gasteiger charge is -2.37. The molecule has 0 radical (unpaired) electrons. The third-order valence-corrected chi connectivity index (χ3v) is 8.36. The first-order valence-corrected chi connectivity index (χ1v) is 9.64. The smallest absolute Gasteiger partial charge is 0.212 e.